The molecule has 4 nitrogen and oxygen atoms in total. The molecule has 23 heavy (non-hydrogen) atoms. The third-order valence-corrected chi connectivity index (χ3v) is 4.35. The molecule has 1 aliphatic rings. The van der Waals surface area contributed by atoms with Gasteiger partial charge in [-0.25, -0.2) is 4.39 Å². The second kappa shape index (κ2) is 6.62. The molecule has 1 aromatic carbocycles. The van der Waals surface area contributed by atoms with Gasteiger partial charge in [-0.3, -0.25) is 9.78 Å². The van der Waals surface area contributed by atoms with Crippen molar-refractivity contribution in [2.75, 3.05) is 26.8 Å². The zero-order valence-electron chi connectivity index (χ0n) is 13.5. The molecule has 2 heterocycles. The van der Waals surface area contributed by atoms with E-state index in [0.717, 1.165) is 35.1 Å². The SMILES string of the molecule is COCCN1C[C@@H](Cc2cc(C)nc3ccc(F)cc23)CC1=O. The van der Waals surface area contributed by atoms with E-state index in [1.807, 2.05) is 17.9 Å². The van der Waals surface area contributed by atoms with E-state index in [-0.39, 0.29) is 17.6 Å². The summed E-state index contributed by atoms with van der Waals surface area (Å²) in [5.74, 6) is 0.176. The van der Waals surface area contributed by atoms with Crippen molar-refractivity contribution in [3.8, 4) is 0 Å². The monoisotopic (exact) mass is 316 g/mol. The summed E-state index contributed by atoms with van der Waals surface area (Å²) in [5, 5.41) is 0.846. The maximum absolute atomic E-state index is 13.6. The van der Waals surface area contributed by atoms with Crippen molar-refractivity contribution in [1.82, 2.24) is 9.88 Å². The number of likely N-dealkylation sites (tertiary alicyclic amines) is 1. The van der Waals surface area contributed by atoms with Gasteiger partial charge in [-0.2, -0.15) is 0 Å². The van der Waals surface area contributed by atoms with Crippen molar-refractivity contribution in [2.24, 2.45) is 5.92 Å². The van der Waals surface area contributed by atoms with E-state index in [1.54, 1.807) is 13.2 Å². The standard InChI is InChI=1S/C18H21FN2O2/c1-12-7-14(16-10-15(19)3-4-17(16)20-12)8-13-9-18(22)21(11-13)5-6-23-2/h3-4,7,10,13H,5-6,8-9,11H2,1-2H3/t13-/m0/s1. The predicted octanol–water partition coefficient (Wildman–Crippen LogP) is 2.72. The zero-order chi connectivity index (χ0) is 16.4. The van der Waals surface area contributed by atoms with Gasteiger partial charge >= 0.3 is 0 Å². The van der Waals surface area contributed by atoms with Crippen LogP contribution in [0.2, 0.25) is 0 Å². The summed E-state index contributed by atoms with van der Waals surface area (Å²) in [6.45, 7) is 3.87. The Morgan fingerprint density at radius 1 is 1.39 bits per heavy atom. The van der Waals surface area contributed by atoms with Crippen molar-refractivity contribution in [3.05, 3.63) is 41.3 Å². The van der Waals surface area contributed by atoms with Crippen LogP contribution in [-0.2, 0) is 16.0 Å². The third-order valence-electron chi connectivity index (χ3n) is 4.35. The highest BCUT2D eigenvalue weighted by molar-refractivity contribution is 5.83. The number of pyridine rings is 1. The van der Waals surface area contributed by atoms with Crippen LogP contribution in [0, 0.1) is 18.7 Å². The van der Waals surface area contributed by atoms with E-state index in [1.165, 1.54) is 12.1 Å². The summed E-state index contributed by atoms with van der Waals surface area (Å²) in [6.07, 6.45) is 1.31. The van der Waals surface area contributed by atoms with Gasteiger partial charge in [0, 0.05) is 37.7 Å². The second-order valence-corrected chi connectivity index (χ2v) is 6.19. The van der Waals surface area contributed by atoms with E-state index in [0.29, 0.717) is 19.6 Å². The predicted molar refractivity (Wildman–Crippen MR) is 86.7 cm³/mol. The Hall–Kier alpha value is -2.01. The molecule has 1 saturated heterocycles. The van der Waals surface area contributed by atoms with Gasteiger partial charge in [0.2, 0.25) is 5.91 Å². The number of methoxy groups -OCH3 is 1. The number of benzene rings is 1. The summed E-state index contributed by atoms with van der Waals surface area (Å²) in [5.41, 5.74) is 2.79. The number of carbonyl (C=O) groups is 1. The molecule has 0 radical (unpaired) electrons. The molecule has 1 aliphatic heterocycles. The van der Waals surface area contributed by atoms with Gasteiger partial charge in [0.25, 0.3) is 0 Å². The summed E-state index contributed by atoms with van der Waals surface area (Å²) >= 11 is 0. The Morgan fingerprint density at radius 2 is 2.22 bits per heavy atom. The quantitative estimate of drug-likeness (QED) is 0.852. The molecule has 122 valence electrons. The first-order valence-electron chi connectivity index (χ1n) is 7.89. The average Bonchev–Trinajstić information content (AvgIpc) is 2.85. The highest BCUT2D eigenvalue weighted by Gasteiger charge is 2.29. The normalized spacial score (nSPS) is 18.1. The lowest BCUT2D eigenvalue weighted by Gasteiger charge is -2.16. The van der Waals surface area contributed by atoms with Crippen LogP contribution in [0.3, 0.4) is 0 Å². The Kier molecular flexibility index (Phi) is 4.57. The summed E-state index contributed by atoms with van der Waals surface area (Å²) < 4.78 is 18.6. The summed E-state index contributed by atoms with van der Waals surface area (Å²) in [4.78, 5) is 18.4. The van der Waals surface area contributed by atoms with Gasteiger partial charge in [0.15, 0.2) is 0 Å². The van der Waals surface area contributed by atoms with E-state index >= 15 is 0 Å². The lowest BCUT2D eigenvalue weighted by molar-refractivity contribution is -0.128. The van der Waals surface area contributed by atoms with Crippen LogP contribution in [0.4, 0.5) is 4.39 Å². The molecule has 5 heteroatoms. The second-order valence-electron chi connectivity index (χ2n) is 6.19. The average molecular weight is 316 g/mol. The number of hydrogen-bond acceptors (Lipinski definition) is 3. The molecule has 0 spiro atoms. The number of aryl methyl sites for hydroxylation is 1. The molecule has 1 atom stereocenters. The summed E-state index contributed by atoms with van der Waals surface area (Å²) in [6, 6.07) is 6.69. The van der Waals surface area contributed by atoms with Crippen molar-refractivity contribution in [1.29, 1.82) is 0 Å². The molecule has 2 aromatic rings. The number of ether oxygens (including phenoxy) is 1. The first kappa shape index (κ1) is 15.9. The molecule has 0 bridgehead atoms. The van der Waals surface area contributed by atoms with Crippen LogP contribution >= 0.6 is 0 Å². The fourth-order valence-corrected chi connectivity index (χ4v) is 3.30. The van der Waals surface area contributed by atoms with Crippen LogP contribution in [-0.4, -0.2) is 42.6 Å². The first-order valence-corrected chi connectivity index (χ1v) is 7.89. The first-order chi connectivity index (χ1) is 11.1. The third kappa shape index (κ3) is 3.50. The number of carbonyl (C=O) groups excluding carboxylic acids is 1. The highest BCUT2D eigenvalue weighted by atomic mass is 19.1. The molecule has 0 unspecified atom stereocenters. The lowest BCUT2D eigenvalue weighted by atomic mass is 9.95. The maximum Gasteiger partial charge on any atom is 0.223 e. The van der Waals surface area contributed by atoms with Crippen LogP contribution in [0.15, 0.2) is 24.3 Å². The minimum atomic E-state index is -0.256. The molecule has 1 aromatic heterocycles. The van der Waals surface area contributed by atoms with Crippen LogP contribution in [0.5, 0.6) is 0 Å². The Bertz CT molecular complexity index is 732. The van der Waals surface area contributed by atoms with Crippen molar-refractivity contribution < 1.29 is 13.9 Å². The minimum absolute atomic E-state index is 0.174. The zero-order valence-corrected chi connectivity index (χ0v) is 13.5. The van der Waals surface area contributed by atoms with Gasteiger partial charge in [-0.15, -0.1) is 0 Å². The molecule has 0 saturated carbocycles. The van der Waals surface area contributed by atoms with Crippen LogP contribution < -0.4 is 0 Å². The fourth-order valence-electron chi connectivity index (χ4n) is 3.30. The Morgan fingerprint density at radius 3 is 3.00 bits per heavy atom. The van der Waals surface area contributed by atoms with Crippen molar-refractivity contribution >= 4 is 16.8 Å². The van der Waals surface area contributed by atoms with Crippen molar-refractivity contribution in [3.63, 3.8) is 0 Å². The molecule has 0 N–H and O–H groups in total. The molecule has 1 fully saturated rings. The molecule has 0 aliphatic carbocycles. The lowest BCUT2D eigenvalue weighted by Crippen LogP contribution is -2.28. The highest BCUT2D eigenvalue weighted by Crippen LogP contribution is 2.27. The van der Waals surface area contributed by atoms with Crippen LogP contribution in [0.25, 0.3) is 10.9 Å². The number of hydrogen-bond donors (Lipinski definition) is 0. The fraction of sp³-hybridized carbons (Fsp3) is 0.444. The maximum atomic E-state index is 13.6. The molecular formula is C18H21FN2O2. The van der Waals surface area contributed by atoms with Gasteiger partial charge in [-0.05, 0) is 49.1 Å². The molecular weight excluding hydrogens is 295 g/mol. The van der Waals surface area contributed by atoms with E-state index in [9.17, 15) is 9.18 Å². The summed E-state index contributed by atoms with van der Waals surface area (Å²) in [7, 11) is 1.64. The van der Waals surface area contributed by atoms with Gasteiger partial charge in [-0.1, -0.05) is 0 Å². The van der Waals surface area contributed by atoms with Crippen molar-refractivity contribution in [2.45, 2.75) is 19.8 Å². The number of aromatic nitrogens is 1. The minimum Gasteiger partial charge on any atom is -0.383 e. The van der Waals surface area contributed by atoms with Gasteiger partial charge in [0.05, 0.1) is 12.1 Å². The van der Waals surface area contributed by atoms with Gasteiger partial charge in [0.1, 0.15) is 5.82 Å². The van der Waals surface area contributed by atoms with Gasteiger partial charge < -0.3 is 9.64 Å². The number of halogens is 1. The number of fused-ring (bicyclic) bond motifs is 1. The Labute approximate surface area is 135 Å². The van der Waals surface area contributed by atoms with E-state index in [4.69, 9.17) is 4.74 Å². The number of amides is 1. The topological polar surface area (TPSA) is 42.4 Å². The van der Waals surface area contributed by atoms with Crippen LogP contribution in [0.1, 0.15) is 17.7 Å². The largest absolute Gasteiger partial charge is 0.383 e. The number of rotatable bonds is 5. The van der Waals surface area contributed by atoms with E-state index < -0.39 is 0 Å². The molecule has 1 amide bonds. The Balaban J connectivity index is 1.82. The molecule has 3 rings (SSSR count). The smallest absolute Gasteiger partial charge is 0.223 e. The number of nitrogens with zero attached hydrogens (tertiary/aromatic N) is 2. The van der Waals surface area contributed by atoms with E-state index in [2.05, 4.69) is 4.98 Å².